The summed E-state index contributed by atoms with van der Waals surface area (Å²) in [7, 11) is 0. The molecule has 2 heterocycles. The molecule has 3 rings (SSSR count). The zero-order valence-electron chi connectivity index (χ0n) is 24.8. The summed E-state index contributed by atoms with van der Waals surface area (Å²) in [6.45, 7) is 0.763. The first-order valence-corrected chi connectivity index (χ1v) is 14.9. The molecule has 45 heavy (non-hydrogen) atoms. The number of benzene rings is 1. The molecular weight excluding hydrogens is 590 g/mol. The molecule has 1 aromatic carbocycles. The van der Waals surface area contributed by atoms with Gasteiger partial charge < -0.3 is 47.8 Å². The van der Waals surface area contributed by atoms with Crippen LogP contribution in [-0.2, 0) is 40.0 Å². The lowest BCUT2D eigenvalue weighted by Crippen LogP contribution is -2.58. The fourth-order valence-corrected chi connectivity index (χ4v) is 5.39. The van der Waals surface area contributed by atoms with E-state index in [2.05, 4.69) is 21.3 Å². The number of nitrogens with one attached hydrogen (secondary N) is 4. The van der Waals surface area contributed by atoms with Gasteiger partial charge in [0.1, 0.15) is 29.9 Å². The summed E-state index contributed by atoms with van der Waals surface area (Å²) in [4.78, 5) is 89.3. The lowest BCUT2D eigenvalue weighted by molar-refractivity contribution is -0.145. The molecule has 2 saturated heterocycles. The van der Waals surface area contributed by atoms with E-state index in [9.17, 15) is 43.8 Å². The lowest BCUT2D eigenvalue weighted by Gasteiger charge is -2.30. The minimum absolute atomic E-state index is 0.000133. The van der Waals surface area contributed by atoms with Gasteiger partial charge in [0.05, 0.1) is 6.04 Å². The summed E-state index contributed by atoms with van der Waals surface area (Å²) < 4.78 is 0. The van der Waals surface area contributed by atoms with Crippen molar-refractivity contribution in [2.24, 2.45) is 11.5 Å². The number of carboxylic acid groups (broad SMARTS) is 1. The van der Waals surface area contributed by atoms with Gasteiger partial charge >= 0.3 is 5.97 Å². The topological polar surface area (TPSA) is 263 Å². The molecule has 16 nitrogen and oxygen atoms in total. The Bertz CT molecular complexity index is 1270. The van der Waals surface area contributed by atoms with Crippen molar-refractivity contribution in [2.75, 3.05) is 13.1 Å². The van der Waals surface area contributed by atoms with E-state index in [0.29, 0.717) is 24.9 Å². The van der Waals surface area contributed by atoms with Crippen molar-refractivity contribution >= 4 is 41.4 Å². The van der Waals surface area contributed by atoms with Crippen LogP contribution >= 0.6 is 0 Å². The van der Waals surface area contributed by atoms with Crippen LogP contribution in [0.1, 0.15) is 56.9 Å². The summed E-state index contributed by atoms with van der Waals surface area (Å²) in [5.41, 5.74) is 11.1. The molecule has 0 saturated carbocycles. The molecular formula is C29H41N7O9. The molecule has 0 aliphatic carbocycles. The van der Waals surface area contributed by atoms with Crippen LogP contribution in [0.25, 0.3) is 0 Å². The SMILES string of the molecule is NC(=O)CC[C@H](NC(=O)[C@@H]1CCCN1)C(=O)N[C@@H](CCC(N)=O)C(=O)N1CCC[C@H]1C(=O)N[C@@H](Cc1ccc(O)cc1)C(=O)O. The molecule has 6 amide bonds. The number of phenolic OH excluding ortho intramolecular Hbond substituents is 1. The normalized spacial score (nSPS) is 19.6. The van der Waals surface area contributed by atoms with Crippen LogP contribution in [0.2, 0.25) is 0 Å². The molecule has 2 aliphatic heterocycles. The highest BCUT2D eigenvalue weighted by Gasteiger charge is 2.39. The number of likely N-dealkylation sites (tertiary alicyclic amines) is 1. The Morgan fingerprint density at radius 3 is 2.04 bits per heavy atom. The van der Waals surface area contributed by atoms with Gasteiger partial charge in [-0.1, -0.05) is 12.1 Å². The van der Waals surface area contributed by atoms with Crippen molar-refractivity contribution in [1.82, 2.24) is 26.2 Å². The van der Waals surface area contributed by atoms with Crippen molar-refractivity contribution < 1.29 is 43.8 Å². The molecule has 2 fully saturated rings. The second kappa shape index (κ2) is 16.4. The quantitative estimate of drug-likeness (QED) is 0.0971. The van der Waals surface area contributed by atoms with E-state index in [-0.39, 0.29) is 50.8 Å². The maximum absolute atomic E-state index is 13.7. The molecule has 5 atom stereocenters. The predicted octanol–water partition coefficient (Wildman–Crippen LogP) is -2.25. The summed E-state index contributed by atoms with van der Waals surface area (Å²) in [6.07, 6.45) is 1.06. The van der Waals surface area contributed by atoms with Crippen LogP contribution in [0.3, 0.4) is 0 Å². The average molecular weight is 632 g/mol. The Kier molecular flexibility index (Phi) is 12.6. The van der Waals surface area contributed by atoms with Gasteiger partial charge in [-0.15, -0.1) is 0 Å². The van der Waals surface area contributed by atoms with Crippen molar-refractivity contribution in [3.63, 3.8) is 0 Å². The molecule has 0 bridgehead atoms. The Morgan fingerprint density at radius 1 is 0.844 bits per heavy atom. The first-order valence-electron chi connectivity index (χ1n) is 14.9. The smallest absolute Gasteiger partial charge is 0.326 e. The largest absolute Gasteiger partial charge is 0.508 e. The van der Waals surface area contributed by atoms with Crippen molar-refractivity contribution in [3.8, 4) is 5.75 Å². The Balaban J connectivity index is 1.74. The fraction of sp³-hybridized carbons (Fsp3) is 0.552. The predicted molar refractivity (Wildman–Crippen MR) is 158 cm³/mol. The zero-order valence-corrected chi connectivity index (χ0v) is 24.8. The molecule has 0 unspecified atom stereocenters. The van der Waals surface area contributed by atoms with E-state index in [1.807, 2.05) is 0 Å². The number of nitrogens with two attached hydrogens (primary N) is 2. The number of carbonyl (C=O) groups is 7. The lowest BCUT2D eigenvalue weighted by atomic mass is 10.0. The van der Waals surface area contributed by atoms with Gasteiger partial charge in [-0.05, 0) is 62.8 Å². The van der Waals surface area contributed by atoms with E-state index >= 15 is 0 Å². The average Bonchev–Trinajstić information content (AvgIpc) is 3.70. The summed E-state index contributed by atoms with van der Waals surface area (Å²) in [5, 5.41) is 29.9. The van der Waals surface area contributed by atoms with E-state index in [1.54, 1.807) is 0 Å². The third kappa shape index (κ3) is 10.4. The number of rotatable bonds is 16. The molecule has 1 aromatic rings. The fourth-order valence-electron chi connectivity index (χ4n) is 5.39. The number of amides is 6. The second-order valence-electron chi connectivity index (χ2n) is 11.2. The number of hydrogen-bond donors (Lipinski definition) is 8. The monoisotopic (exact) mass is 631 g/mol. The van der Waals surface area contributed by atoms with Gasteiger partial charge in [-0.25, -0.2) is 4.79 Å². The number of carbonyl (C=O) groups excluding carboxylic acids is 6. The Morgan fingerprint density at radius 2 is 1.47 bits per heavy atom. The van der Waals surface area contributed by atoms with Gasteiger partial charge in [0.25, 0.3) is 0 Å². The van der Waals surface area contributed by atoms with Gasteiger partial charge in [0.2, 0.25) is 35.4 Å². The maximum Gasteiger partial charge on any atom is 0.326 e. The summed E-state index contributed by atoms with van der Waals surface area (Å²) in [5.74, 6) is -5.36. The van der Waals surface area contributed by atoms with Crippen LogP contribution in [0.5, 0.6) is 5.75 Å². The van der Waals surface area contributed by atoms with E-state index in [0.717, 1.165) is 6.42 Å². The summed E-state index contributed by atoms with van der Waals surface area (Å²) >= 11 is 0. The summed E-state index contributed by atoms with van der Waals surface area (Å²) in [6, 6.07) is 0.408. The number of aromatic hydroxyl groups is 1. The van der Waals surface area contributed by atoms with E-state index in [1.165, 1.54) is 29.2 Å². The van der Waals surface area contributed by atoms with Crippen molar-refractivity contribution in [2.45, 2.75) is 88.0 Å². The first kappa shape index (κ1) is 34.8. The molecule has 2 aliphatic rings. The van der Waals surface area contributed by atoms with Gasteiger partial charge in [-0.3, -0.25) is 28.8 Å². The van der Waals surface area contributed by atoms with Crippen molar-refractivity contribution in [3.05, 3.63) is 29.8 Å². The van der Waals surface area contributed by atoms with E-state index < -0.39 is 71.6 Å². The van der Waals surface area contributed by atoms with Crippen LogP contribution in [0.15, 0.2) is 24.3 Å². The zero-order chi connectivity index (χ0) is 33.1. The highest BCUT2D eigenvalue weighted by Crippen LogP contribution is 2.21. The molecule has 0 radical (unpaired) electrons. The highest BCUT2D eigenvalue weighted by molar-refractivity contribution is 5.96. The number of nitrogens with zero attached hydrogens (tertiary/aromatic N) is 1. The number of aliphatic carboxylic acids is 1. The van der Waals surface area contributed by atoms with Crippen LogP contribution in [0, 0.1) is 0 Å². The molecule has 0 aromatic heterocycles. The number of primary amides is 2. The Hall–Kier alpha value is -4.73. The standard InChI is InChI=1S/C29H41N7O9/c30-23(38)11-9-19(33-25(40)18-3-1-13-32-18)26(41)34-20(10-12-24(31)39)28(43)36-14-2-4-22(36)27(42)35-21(29(44)45)15-16-5-7-17(37)8-6-16/h5-8,18-22,32,37H,1-4,9-15H2,(H2,30,38)(H2,31,39)(H,33,40)(H,34,41)(H,35,42)(H,44,45)/t18-,19-,20-,21-,22-/m0/s1. The molecule has 246 valence electrons. The minimum atomic E-state index is -1.33. The molecule has 16 heteroatoms. The van der Waals surface area contributed by atoms with Crippen LogP contribution in [0.4, 0.5) is 0 Å². The van der Waals surface area contributed by atoms with Gasteiger partial charge in [0, 0.05) is 25.8 Å². The number of carboxylic acids is 1. The third-order valence-corrected chi connectivity index (χ3v) is 7.81. The minimum Gasteiger partial charge on any atom is -0.508 e. The van der Waals surface area contributed by atoms with Crippen LogP contribution in [-0.4, -0.2) is 99.8 Å². The molecule has 10 N–H and O–H groups in total. The van der Waals surface area contributed by atoms with Gasteiger partial charge in [-0.2, -0.15) is 0 Å². The first-order chi connectivity index (χ1) is 21.3. The maximum atomic E-state index is 13.7. The molecule has 0 spiro atoms. The van der Waals surface area contributed by atoms with Crippen molar-refractivity contribution in [1.29, 1.82) is 0 Å². The second-order valence-corrected chi connectivity index (χ2v) is 11.2. The van der Waals surface area contributed by atoms with E-state index in [4.69, 9.17) is 11.5 Å². The highest BCUT2D eigenvalue weighted by atomic mass is 16.4. The van der Waals surface area contributed by atoms with Gasteiger partial charge in [0.15, 0.2) is 0 Å². The number of phenols is 1. The third-order valence-electron chi connectivity index (χ3n) is 7.81. The Labute approximate surface area is 259 Å². The van der Waals surface area contributed by atoms with Crippen LogP contribution < -0.4 is 32.7 Å². The number of hydrogen-bond acceptors (Lipinski definition) is 9.